The number of aryl methyl sites for hydroxylation is 1. The zero-order chi connectivity index (χ0) is 14.4. The van der Waals surface area contributed by atoms with E-state index in [-0.39, 0.29) is 0 Å². The highest BCUT2D eigenvalue weighted by atomic mass is 35.5. The van der Waals surface area contributed by atoms with Crippen molar-refractivity contribution in [3.63, 3.8) is 0 Å². The number of nitrogens with one attached hydrogen (secondary N) is 1. The van der Waals surface area contributed by atoms with Crippen molar-refractivity contribution in [2.75, 3.05) is 0 Å². The summed E-state index contributed by atoms with van der Waals surface area (Å²) in [5.41, 5.74) is 1.25. The van der Waals surface area contributed by atoms with Gasteiger partial charge in [0.25, 0.3) is 0 Å². The van der Waals surface area contributed by atoms with Gasteiger partial charge in [-0.15, -0.1) is 0 Å². The fourth-order valence-corrected chi connectivity index (χ4v) is 2.30. The molecule has 0 aliphatic carbocycles. The van der Waals surface area contributed by atoms with Gasteiger partial charge in [-0.2, -0.15) is 0 Å². The second kappa shape index (κ2) is 7.46. The third-order valence-corrected chi connectivity index (χ3v) is 3.55. The van der Waals surface area contributed by atoms with Gasteiger partial charge in [0.1, 0.15) is 5.76 Å². The normalized spacial score (nSPS) is 12.6. The summed E-state index contributed by atoms with van der Waals surface area (Å²) < 4.78 is 5.62. The Hall–Kier alpha value is -1.32. The van der Waals surface area contributed by atoms with E-state index in [1.807, 2.05) is 12.1 Å². The fraction of sp³-hybridized carbons (Fsp3) is 0.438. The highest BCUT2D eigenvalue weighted by Gasteiger charge is 2.11. The Morgan fingerprint density at radius 3 is 2.60 bits per heavy atom. The summed E-state index contributed by atoms with van der Waals surface area (Å²) in [6, 6.07) is 8.31. The molecular formula is C16H21ClN2O. The van der Waals surface area contributed by atoms with Crippen LogP contribution in [0.2, 0.25) is 5.02 Å². The third kappa shape index (κ3) is 4.09. The molecular weight excluding hydrogens is 272 g/mol. The van der Waals surface area contributed by atoms with Crippen LogP contribution in [0.15, 0.2) is 34.9 Å². The van der Waals surface area contributed by atoms with E-state index in [2.05, 4.69) is 36.3 Å². The number of nitrogens with zero attached hydrogens (tertiary/aromatic N) is 1. The number of benzene rings is 1. The lowest BCUT2D eigenvalue weighted by Gasteiger charge is -2.17. The zero-order valence-corrected chi connectivity index (χ0v) is 12.8. The van der Waals surface area contributed by atoms with Gasteiger partial charge in [0.15, 0.2) is 0 Å². The summed E-state index contributed by atoms with van der Waals surface area (Å²) in [4.78, 5) is 4.28. The molecule has 0 amide bonds. The Morgan fingerprint density at radius 2 is 2.00 bits per heavy atom. The number of oxazole rings is 1. The first-order valence-electron chi connectivity index (χ1n) is 7.15. The topological polar surface area (TPSA) is 38.1 Å². The molecule has 3 nitrogen and oxygen atoms in total. The number of aromatic nitrogens is 1. The van der Waals surface area contributed by atoms with Gasteiger partial charge >= 0.3 is 0 Å². The van der Waals surface area contributed by atoms with Crippen LogP contribution < -0.4 is 5.32 Å². The summed E-state index contributed by atoms with van der Waals surface area (Å²) >= 11 is 5.94. The second-order valence-corrected chi connectivity index (χ2v) is 5.28. The smallest absolute Gasteiger partial charge is 0.208 e. The van der Waals surface area contributed by atoms with Gasteiger partial charge in [0, 0.05) is 17.5 Å². The number of halogens is 1. The lowest BCUT2D eigenvalue weighted by atomic mass is 10.0. The minimum absolute atomic E-state index is 0.300. The third-order valence-electron chi connectivity index (χ3n) is 3.30. The van der Waals surface area contributed by atoms with Crippen LogP contribution in [-0.4, -0.2) is 4.98 Å². The first kappa shape index (κ1) is 15.1. The summed E-state index contributed by atoms with van der Waals surface area (Å²) in [7, 11) is 0. The molecule has 0 aliphatic rings. The number of rotatable bonds is 7. The van der Waals surface area contributed by atoms with Crippen LogP contribution in [0.3, 0.4) is 0 Å². The molecule has 108 valence electrons. The zero-order valence-electron chi connectivity index (χ0n) is 12.0. The Morgan fingerprint density at radius 1 is 1.25 bits per heavy atom. The maximum Gasteiger partial charge on any atom is 0.208 e. The van der Waals surface area contributed by atoms with Crippen molar-refractivity contribution in [1.82, 2.24) is 10.3 Å². The van der Waals surface area contributed by atoms with Crippen LogP contribution in [0.5, 0.6) is 0 Å². The first-order chi connectivity index (χ1) is 9.72. The monoisotopic (exact) mass is 292 g/mol. The van der Waals surface area contributed by atoms with E-state index in [4.69, 9.17) is 16.0 Å². The van der Waals surface area contributed by atoms with E-state index in [9.17, 15) is 0 Å². The molecule has 0 saturated heterocycles. The maximum atomic E-state index is 5.94. The molecule has 2 aromatic rings. The van der Waals surface area contributed by atoms with Crippen molar-refractivity contribution in [1.29, 1.82) is 0 Å². The average molecular weight is 293 g/mol. The first-order valence-corrected chi connectivity index (χ1v) is 7.53. The quantitative estimate of drug-likeness (QED) is 0.815. The van der Waals surface area contributed by atoms with Crippen LogP contribution in [-0.2, 0) is 13.0 Å². The van der Waals surface area contributed by atoms with Crippen molar-refractivity contribution in [3.8, 4) is 0 Å². The van der Waals surface area contributed by atoms with Crippen LogP contribution >= 0.6 is 11.6 Å². The van der Waals surface area contributed by atoms with Crippen LogP contribution in [0.4, 0.5) is 0 Å². The molecule has 1 N–H and O–H groups in total. The molecule has 1 atom stereocenters. The minimum atomic E-state index is 0.300. The van der Waals surface area contributed by atoms with Crippen LogP contribution in [0, 0.1) is 0 Å². The maximum absolute atomic E-state index is 5.94. The molecule has 0 aliphatic heterocycles. The molecule has 1 heterocycles. The van der Waals surface area contributed by atoms with E-state index in [1.165, 1.54) is 5.56 Å². The summed E-state index contributed by atoms with van der Waals surface area (Å²) in [5, 5.41) is 4.28. The van der Waals surface area contributed by atoms with Gasteiger partial charge in [-0.25, -0.2) is 4.98 Å². The average Bonchev–Trinajstić information content (AvgIpc) is 2.92. The van der Waals surface area contributed by atoms with Crippen molar-refractivity contribution < 1.29 is 4.42 Å². The molecule has 2 rings (SSSR count). The van der Waals surface area contributed by atoms with Gasteiger partial charge in [0.2, 0.25) is 5.89 Å². The van der Waals surface area contributed by atoms with E-state index >= 15 is 0 Å². The van der Waals surface area contributed by atoms with Gasteiger partial charge < -0.3 is 9.73 Å². The van der Waals surface area contributed by atoms with Gasteiger partial charge in [0.05, 0.1) is 12.7 Å². The largest absolute Gasteiger partial charge is 0.444 e. The van der Waals surface area contributed by atoms with Crippen LogP contribution in [0.1, 0.15) is 49.9 Å². The Bertz CT molecular complexity index is 522. The van der Waals surface area contributed by atoms with Gasteiger partial charge in [-0.1, -0.05) is 44.0 Å². The minimum Gasteiger partial charge on any atom is -0.444 e. The van der Waals surface area contributed by atoms with E-state index in [0.717, 1.165) is 35.9 Å². The molecule has 0 saturated carbocycles. The lowest BCUT2D eigenvalue weighted by molar-refractivity contribution is 0.407. The molecule has 1 aromatic carbocycles. The Kier molecular flexibility index (Phi) is 5.62. The SMILES string of the molecule is CCCC(NCc1ncc(CC)o1)c1ccc(Cl)cc1. The highest BCUT2D eigenvalue weighted by molar-refractivity contribution is 6.30. The fourth-order valence-electron chi connectivity index (χ4n) is 2.17. The molecule has 20 heavy (non-hydrogen) atoms. The molecule has 0 bridgehead atoms. The molecule has 4 heteroatoms. The number of hydrogen-bond donors (Lipinski definition) is 1. The molecule has 0 spiro atoms. The predicted molar refractivity (Wildman–Crippen MR) is 81.8 cm³/mol. The molecule has 1 unspecified atom stereocenters. The second-order valence-electron chi connectivity index (χ2n) is 4.85. The van der Waals surface area contributed by atoms with Gasteiger partial charge in [-0.05, 0) is 24.1 Å². The Labute approximate surface area is 125 Å². The summed E-state index contributed by atoms with van der Waals surface area (Å²) in [6.07, 6.45) is 4.87. The summed E-state index contributed by atoms with van der Waals surface area (Å²) in [5.74, 6) is 1.68. The number of hydrogen-bond acceptors (Lipinski definition) is 3. The summed E-state index contributed by atoms with van der Waals surface area (Å²) in [6.45, 7) is 4.89. The molecule has 1 aromatic heterocycles. The van der Waals surface area contributed by atoms with Crippen molar-refractivity contribution in [3.05, 3.63) is 52.7 Å². The predicted octanol–water partition coefficient (Wildman–Crippen LogP) is 4.52. The Balaban J connectivity index is 2.00. The van der Waals surface area contributed by atoms with Crippen molar-refractivity contribution in [2.45, 2.75) is 45.7 Å². The van der Waals surface area contributed by atoms with Crippen molar-refractivity contribution in [2.24, 2.45) is 0 Å². The van der Waals surface area contributed by atoms with E-state index < -0.39 is 0 Å². The van der Waals surface area contributed by atoms with Gasteiger partial charge in [-0.3, -0.25) is 0 Å². The lowest BCUT2D eigenvalue weighted by Crippen LogP contribution is -2.21. The van der Waals surface area contributed by atoms with Crippen molar-refractivity contribution >= 4 is 11.6 Å². The molecule has 0 radical (unpaired) electrons. The van der Waals surface area contributed by atoms with Crippen LogP contribution in [0.25, 0.3) is 0 Å². The highest BCUT2D eigenvalue weighted by Crippen LogP contribution is 2.21. The van der Waals surface area contributed by atoms with E-state index in [0.29, 0.717) is 12.6 Å². The van der Waals surface area contributed by atoms with E-state index in [1.54, 1.807) is 6.20 Å². The standard InChI is InChI=1S/C16H21ClN2O/c1-3-5-15(12-6-8-13(17)9-7-12)18-11-16-19-10-14(4-2)20-16/h6-10,15,18H,3-5,11H2,1-2H3. The molecule has 0 fully saturated rings.